The van der Waals surface area contributed by atoms with Crippen molar-refractivity contribution < 1.29 is 18.8 Å². The van der Waals surface area contributed by atoms with Crippen LogP contribution in [0.1, 0.15) is 82.7 Å². The Labute approximate surface area is 252 Å². The molecule has 2 aromatic carbocycles. The topological polar surface area (TPSA) is 55.8 Å². The van der Waals surface area contributed by atoms with Crippen LogP contribution in [0.25, 0.3) is 5.57 Å². The van der Waals surface area contributed by atoms with Crippen LogP contribution in [0, 0.1) is 0 Å². The number of allylic oxidation sites excluding steroid dienone is 3. The zero-order valence-corrected chi connectivity index (χ0v) is 29.5. The fraction of sp³-hybridized carbons (Fsp3) is 0.514. The zero-order chi connectivity index (χ0) is 31.1. The number of aliphatic carboxylic acids is 1. The van der Waals surface area contributed by atoms with Gasteiger partial charge in [-0.05, 0) is 88.9 Å². The molecule has 0 heterocycles. The molecule has 0 aromatic heterocycles. The number of aryl methyl sites for hydroxylation is 2. The molecule has 0 amide bonds. The van der Waals surface area contributed by atoms with Crippen LogP contribution in [0.2, 0.25) is 36.3 Å². The standard InChI is InChI=1S/C35H54O4Si2/c1-12-29(16-14-18-33(36)37)30-17-13-15-27(23-30)19-20-28-21-22-31(25-38-40(8,9)34(2,3)4)32(24-28)26-39-41(10,11)35(5,6)7/h13-18,21-24H,12,19-20,25-26H2,1-11H3,(H,36,37)/b18-14+,29-16+. The first kappa shape index (κ1) is 34.9. The number of carboxylic acid groups (broad SMARTS) is 1. The molecule has 0 aliphatic heterocycles. The number of carbonyl (C=O) groups is 1. The molecule has 0 aliphatic rings. The van der Waals surface area contributed by atoms with Crippen molar-refractivity contribution in [1.29, 1.82) is 0 Å². The quantitative estimate of drug-likeness (QED) is 0.142. The summed E-state index contributed by atoms with van der Waals surface area (Å²) in [5, 5.41) is 9.23. The van der Waals surface area contributed by atoms with Crippen molar-refractivity contribution in [1.82, 2.24) is 0 Å². The second-order valence-corrected chi connectivity index (χ2v) is 23.8. The Morgan fingerprint density at radius 3 is 1.85 bits per heavy atom. The second kappa shape index (κ2) is 14.3. The van der Waals surface area contributed by atoms with Gasteiger partial charge >= 0.3 is 5.97 Å². The third kappa shape index (κ3) is 10.5. The molecule has 0 fully saturated rings. The lowest BCUT2D eigenvalue weighted by molar-refractivity contribution is -0.131. The molecule has 0 bridgehead atoms. The first-order chi connectivity index (χ1) is 18.9. The average molecular weight is 595 g/mol. The van der Waals surface area contributed by atoms with E-state index in [-0.39, 0.29) is 10.1 Å². The van der Waals surface area contributed by atoms with E-state index in [0.717, 1.165) is 30.4 Å². The highest BCUT2D eigenvalue weighted by molar-refractivity contribution is 6.74. The van der Waals surface area contributed by atoms with Gasteiger partial charge in [0.15, 0.2) is 16.6 Å². The van der Waals surface area contributed by atoms with Crippen molar-refractivity contribution in [3.8, 4) is 0 Å². The normalized spacial score (nSPS) is 13.7. The van der Waals surface area contributed by atoms with Crippen LogP contribution < -0.4 is 0 Å². The fourth-order valence-electron chi connectivity index (χ4n) is 3.94. The number of rotatable bonds is 13. The first-order valence-corrected chi connectivity index (χ1v) is 20.8. The van der Waals surface area contributed by atoms with E-state index in [1.165, 1.54) is 28.3 Å². The number of benzene rings is 2. The van der Waals surface area contributed by atoms with E-state index >= 15 is 0 Å². The van der Waals surface area contributed by atoms with Crippen molar-refractivity contribution >= 4 is 28.2 Å². The second-order valence-electron chi connectivity index (χ2n) is 14.1. The number of carboxylic acids is 1. The maximum Gasteiger partial charge on any atom is 0.328 e. The summed E-state index contributed by atoms with van der Waals surface area (Å²) in [5.74, 6) is -0.933. The van der Waals surface area contributed by atoms with Crippen molar-refractivity contribution in [3.63, 3.8) is 0 Å². The summed E-state index contributed by atoms with van der Waals surface area (Å²) in [4.78, 5) is 10.9. The lowest BCUT2D eigenvalue weighted by Gasteiger charge is -2.37. The molecule has 1 N–H and O–H groups in total. The van der Waals surface area contributed by atoms with Crippen LogP contribution >= 0.6 is 0 Å². The molecule has 0 radical (unpaired) electrons. The van der Waals surface area contributed by atoms with Crippen molar-refractivity contribution in [3.05, 3.63) is 88.5 Å². The Morgan fingerprint density at radius 2 is 1.34 bits per heavy atom. The molecule has 0 saturated heterocycles. The summed E-state index contributed by atoms with van der Waals surface area (Å²) in [6.07, 6.45) is 7.38. The highest BCUT2D eigenvalue weighted by Crippen LogP contribution is 2.39. The van der Waals surface area contributed by atoms with Crippen LogP contribution in [-0.4, -0.2) is 27.7 Å². The van der Waals surface area contributed by atoms with Crippen LogP contribution in [0.15, 0.2) is 60.7 Å². The van der Waals surface area contributed by atoms with Gasteiger partial charge in [0, 0.05) is 6.08 Å². The summed E-state index contributed by atoms with van der Waals surface area (Å²) in [5.41, 5.74) is 7.30. The molecule has 0 aliphatic carbocycles. The highest BCUT2D eigenvalue weighted by Gasteiger charge is 2.38. The average Bonchev–Trinajstić information content (AvgIpc) is 2.86. The molecule has 0 unspecified atom stereocenters. The van der Waals surface area contributed by atoms with Gasteiger partial charge in [-0.15, -0.1) is 0 Å². The maximum atomic E-state index is 10.9. The highest BCUT2D eigenvalue weighted by atomic mass is 28.4. The van der Waals surface area contributed by atoms with Gasteiger partial charge in [0.1, 0.15) is 0 Å². The van der Waals surface area contributed by atoms with Gasteiger partial charge < -0.3 is 14.0 Å². The van der Waals surface area contributed by atoms with Gasteiger partial charge in [0.2, 0.25) is 0 Å². The fourth-order valence-corrected chi connectivity index (χ4v) is 5.84. The summed E-state index contributed by atoms with van der Waals surface area (Å²) in [7, 11) is -3.78. The molecule has 0 atom stereocenters. The van der Waals surface area contributed by atoms with Gasteiger partial charge in [0.05, 0.1) is 13.2 Å². The van der Waals surface area contributed by atoms with Gasteiger partial charge in [-0.3, -0.25) is 0 Å². The van der Waals surface area contributed by atoms with Gasteiger partial charge in [0.25, 0.3) is 0 Å². The molecule has 226 valence electrons. The van der Waals surface area contributed by atoms with E-state index in [2.05, 4.69) is 117 Å². The van der Waals surface area contributed by atoms with Crippen LogP contribution in [0.5, 0.6) is 0 Å². The van der Waals surface area contributed by atoms with Crippen LogP contribution in [0.3, 0.4) is 0 Å². The molecule has 2 aromatic rings. The summed E-state index contributed by atoms with van der Waals surface area (Å²) in [6.45, 7) is 26.3. The van der Waals surface area contributed by atoms with Gasteiger partial charge in [-0.25, -0.2) is 4.79 Å². The molecule has 4 nitrogen and oxygen atoms in total. The minimum atomic E-state index is -1.90. The largest absolute Gasteiger partial charge is 0.478 e. The summed E-state index contributed by atoms with van der Waals surface area (Å²) in [6, 6.07) is 15.4. The van der Waals surface area contributed by atoms with Crippen molar-refractivity contribution in [2.45, 2.75) is 117 Å². The molecule has 2 rings (SSSR count). The van der Waals surface area contributed by atoms with E-state index in [4.69, 9.17) is 14.0 Å². The Kier molecular flexibility index (Phi) is 12.2. The number of hydrogen-bond acceptors (Lipinski definition) is 3. The number of hydrogen-bond donors (Lipinski definition) is 1. The molecule has 41 heavy (non-hydrogen) atoms. The molecular weight excluding hydrogens is 541 g/mol. The predicted molar refractivity (Wildman–Crippen MR) is 179 cm³/mol. The minimum Gasteiger partial charge on any atom is -0.478 e. The molecule has 0 saturated carbocycles. The third-order valence-electron chi connectivity index (χ3n) is 8.98. The van der Waals surface area contributed by atoms with Gasteiger partial charge in [-0.1, -0.05) is 103 Å². The van der Waals surface area contributed by atoms with Crippen molar-refractivity contribution in [2.75, 3.05) is 0 Å². The lowest BCUT2D eigenvalue weighted by Crippen LogP contribution is -2.41. The van der Waals surface area contributed by atoms with E-state index in [0.29, 0.717) is 13.2 Å². The van der Waals surface area contributed by atoms with E-state index in [9.17, 15) is 4.79 Å². The Balaban J connectivity index is 2.28. The lowest BCUT2D eigenvalue weighted by atomic mass is 9.96. The third-order valence-corrected chi connectivity index (χ3v) is 17.9. The van der Waals surface area contributed by atoms with E-state index < -0.39 is 22.6 Å². The first-order valence-electron chi connectivity index (χ1n) is 14.9. The Bertz CT molecular complexity index is 1230. The molecular formula is C35H54O4Si2. The zero-order valence-electron chi connectivity index (χ0n) is 27.5. The SMILES string of the molecule is CC/C(=C\C=C\C(=O)O)c1cccc(CCc2ccc(CO[Si](C)(C)C(C)(C)C)c(CO[Si](C)(C)C(C)(C)C)c2)c1. The van der Waals surface area contributed by atoms with Crippen LogP contribution in [-0.2, 0) is 39.7 Å². The van der Waals surface area contributed by atoms with Crippen molar-refractivity contribution in [2.24, 2.45) is 0 Å². The minimum absolute atomic E-state index is 0.155. The molecule has 0 spiro atoms. The Hall–Kier alpha value is -2.26. The monoisotopic (exact) mass is 594 g/mol. The smallest absolute Gasteiger partial charge is 0.328 e. The summed E-state index contributed by atoms with van der Waals surface area (Å²) >= 11 is 0. The maximum absolute atomic E-state index is 10.9. The summed E-state index contributed by atoms with van der Waals surface area (Å²) < 4.78 is 13.3. The van der Waals surface area contributed by atoms with Gasteiger partial charge in [-0.2, -0.15) is 0 Å². The van der Waals surface area contributed by atoms with E-state index in [1.807, 2.05) is 6.08 Å². The Morgan fingerprint density at radius 1 is 0.805 bits per heavy atom. The molecule has 6 heteroatoms. The van der Waals surface area contributed by atoms with E-state index in [1.54, 1.807) is 6.08 Å². The van der Waals surface area contributed by atoms with Crippen LogP contribution in [0.4, 0.5) is 0 Å². The predicted octanol–water partition coefficient (Wildman–Crippen LogP) is 9.95.